The molecule has 0 bridgehead atoms. The number of rotatable bonds is 5. The molecule has 0 radical (unpaired) electrons. The molecule has 0 aromatic heterocycles. The van der Waals surface area contributed by atoms with Crippen LogP contribution in [-0.2, 0) is 0 Å². The number of nitrogens with one attached hydrogen (secondary N) is 1. The van der Waals surface area contributed by atoms with E-state index in [1.54, 1.807) is 12.1 Å². The molecule has 0 spiro atoms. The molecule has 22 heavy (non-hydrogen) atoms. The van der Waals surface area contributed by atoms with Gasteiger partial charge in [0.2, 0.25) is 0 Å². The van der Waals surface area contributed by atoms with Crippen molar-refractivity contribution in [1.29, 1.82) is 0 Å². The highest BCUT2D eigenvalue weighted by atomic mass is 127. The molecule has 116 valence electrons. The fraction of sp³-hybridized carbons (Fsp3) is 0.188. The lowest BCUT2D eigenvalue weighted by Gasteiger charge is -2.13. The lowest BCUT2D eigenvalue weighted by Crippen LogP contribution is -2.13. The third-order valence-electron chi connectivity index (χ3n) is 2.90. The maximum Gasteiger partial charge on any atom is 0.255 e. The third kappa shape index (κ3) is 3.84. The fourth-order valence-corrected chi connectivity index (χ4v) is 2.68. The minimum absolute atomic E-state index is 0.257. The quantitative estimate of drug-likeness (QED) is 0.704. The molecule has 2 aromatic rings. The van der Waals surface area contributed by atoms with E-state index in [0.29, 0.717) is 28.7 Å². The first-order valence-corrected chi connectivity index (χ1v) is 8.08. The molecule has 1 amide bonds. The van der Waals surface area contributed by atoms with E-state index in [1.165, 1.54) is 7.11 Å². The molecule has 2 rings (SSSR count). The molecule has 4 nitrogen and oxygen atoms in total. The lowest BCUT2D eigenvalue weighted by atomic mass is 10.1. The summed E-state index contributed by atoms with van der Waals surface area (Å²) in [4.78, 5) is 12.4. The number of methoxy groups -OCH3 is 1. The Morgan fingerprint density at radius 2 is 2.05 bits per heavy atom. The van der Waals surface area contributed by atoms with E-state index in [0.717, 1.165) is 9.26 Å². The predicted octanol–water partition coefficient (Wildman–Crippen LogP) is 4.60. The van der Waals surface area contributed by atoms with Gasteiger partial charge >= 0.3 is 0 Å². The summed E-state index contributed by atoms with van der Waals surface area (Å²) in [5.41, 5.74) is 1.15. The van der Waals surface area contributed by atoms with E-state index in [9.17, 15) is 4.79 Å². The SMILES string of the molecule is CCOc1c(Cl)cc(C(=O)Nc2ccccc2I)cc1OC. The molecule has 0 aliphatic rings. The van der Waals surface area contributed by atoms with Crippen LogP contribution in [0.1, 0.15) is 17.3 Å². The van der Waals surface area contributed by atoms with E-state index < -0.39 is 0 Å². The van der Waals surface area contributed by atoms with Crippen molar-refractivity contribution >= 4 is 45.8 Å². The van der Waals surface area contributed by atoms with Crippen LogP contribution in [0.25, 0.3) is 0 Å². The van der Waals surface area contributed by atoms with Gasteiger partial charge in [-0.15, -0.1) is 0 Å². The summed E-state index contributed by atoms with van der Waals surface area (Å²) >= 11 is 8.35. The Labute approximate surface area is 147 Å². The van der Waals surface area contributed by atoms with Gasteiger partial charge in [-0.1, -0.05) is 23.7 Å². The van der Waals surface area contributed by atoms with Crippen LogP contribution < -0.4 is 14.8 Å². The van der Waals surface area contributed by atoms with E-state index in [4.69, 9.17) is 21.1 Å². The van der Waals surface area contributed by atoms with Crippen molar-refractivity contribution in [2.75, 3.05) is 19.0 Å². The maximum atomic E-state index is 12.4. The minimum Gasteiger partial charge on any atom is -0.493 e. The van der Waals surface area contributed by atoms with Crippen molar-refractivity contribution in [3.63, 3.8) is 0 Å². The first-order chi connectivity index (χ1) is 10.6. The lowest BCUT2D eigenvalue weighted by molar-refractivity contribution is 0.102. The Bertz CT molecular complexity index is 691. The van der Waals surface area contributed by atoms with Gasteiger partial charge in [-0.25, -0.2) is 0 Å². The molecule has 0 saturated carbocycles. The van der Waals surface area contributed by atoms with Gasteiger partial charge in [0.1, 0.15) is 0 Å². The van der Waals surface area contributed by atoms with E-state index >= 15 is 0 Å². The first kappa shape index (κ1) is 16.9. The maximum absolute atomic E-state index is 12.4. The van der Waals surface area contributed by atoms with Crippen LogP contribution in [0.2, 0.25) is 5.02 Å². The average Bonchev–Trinajstić information content (AvgIpc) is 2.51. The molecule has 0 unspecified atom stereocenters. The van der Waals surface area contributed by atoms with Gasteiger partial charge in [-0.2, -0.15) is 0 Å². The largest absolute Gasteiger partial charge is 0.493 e. The van der Waals surface area contributed by atoms with Gasteiger partial charge in [0.25, 0.3) is 5.91 Å². The first-order valence-electron chi connectivity index (χ1n) is 6.63. The van der Waals surface area contributed by atoms with Crippen molar-refractivity contribution in [3.8, 4) is 11.5 Å². The van der Waals surface area contributed by atoms with Gasteiger partial charge in [-0.3, -0.25) is 4.79 Å². The van der Waals surface area contributed by atoms with E-state index in [1.807, 2.05) is 31.2 Å². The van der Waals surface area contributed by atoms with Crippen LogP contribution >= 0.6 is 34.2 Å². The summed E-state index contributed by atoms with van der Waals surface area (Å²) in [6.45, 7) is 2.32. The van der Waals surface area contributed by atoms with Crippen molar-refractivity contribution in [3.05, 3.63) is 50.6 Å². The van der Waals surface area contributed by atoms with E-state index in [-0.39, 0.29) is 5.91 Å². The highest BCUT2D eigenvalue weighted by molar-refractivity contribution is 14.1. The highest BCUT2D eigenvalue weighted by Gasteiger charge is 2.16. The number of hydrogen-bond donors (Lipinski definition) is 1. The topological polar surface area (TPSA) is 47.6 Å². The smallest absolute Gasteiger partial charge is 0.255 e. The number of ether oxygens (including phenoxy) is 2. The second kappa shape index (κ2) is 7.69. The molecule has 0 fully saturated rings. The van der Waals surface area contributed by atoms with Crippen molar-refractivity contribution in [2.45, 2.75) is 6.92 Å². The summed E-state index contributed by atoms with van der Waals surface area (Å²) in [5.74, 6) is 0.618. The minimum atomic E-state index is -0.257. The van der Waals surface area contributed by atoms with Crippen molar-refractivity contribution < 1.29 is 14.3 Å². The number of hydrogen-bond acceptors (Lipinski definition) is 3. The predicted molar refractivity (Wildman–Crippen MR) is 96.3 cm³/mol. The summed E-state index contributed by atoms with van der Waals surface area (Å²) in [7, 11) is 1.51. The number of carbonyl (C=O) groups is 1. The summed E-state index contributed by atoms with van der Waals surface area (Å²) in [6.07, 6.45) is 0. The Kier molecular flexibility index (Phi) is 5.90. The number of halogens is 2. The summed E-state index contributed by atoms with van der Waals surface area (Å²) < 4.78 is 11.6. The molecular formula is C16H15ClINO3. The highest BCUT2D eigenvalue weighted by Crippen LogP contribution is 2.36. The van der Waals surface area contributed by atoms with Crippen LogP contribution in [0.3, 0.4) is 0 Å². The normalized spacial score (nSPS) is 10.2. The fourth-order valence-electron chi connectivity index (χ4n) is 1.89. The van der Waals surface area contributed by atoms with Gasteiger partial charge in [-0.05, 0) is 53.8 Å². The average molecular weight is 432 g/mol. The molecule has 0 heterocycles. The van der Waals surface area contributed by atoms with Gasteiger partial charge in [0.15, 0.2) is 11.5 Å². The van der Waals surface area contributed by atoms with Crippen LogP contribution in [-0.4, -0.2) is 19.6 Å². The number of benzene rings is 2. The van der Waals surface area contributed by atoms with Gasteiger partial charge in [0.05, 0.1) is 24.4 Å². The monoisotopic (exact) mass is 431 g/mol. The zero-order valence-corrected chi connectivity index (χ0v) is 15.1. The molecule has 0 aliphatic heterocycles. The number of carbonyl (C=O) groups excluding carboxylic acids is 1. The Balaban J connectivity index is 2.30. The Hall–Kier alpha value is -1.47. The Morgan fingerprint density at radius 3 is 2.68 bits per heavy atom. The zero-order valence-electron chi connectivity index (χ0n) is 12.2. The second-order valence-corrected chi connectivity index (χ2v) is 5.93. The van der Waals surface area contributed by atoms with Crippen LogP contribution in [0.5, 0.6) is 11.5 Å². The third-order valence-corrected chi connectivity index (χ3v) is 4.12. The van der Waals surface area contributed by atoms with Crippen LogP contribution in [0.4, 0.5) is 5.69 Å². The summed E-state index contributed by atoms with van der Waals surface area (Å²) in [5, 5.41) is 3.20. The molecule has 2 aromatic carbocycles. The summed E-state index contributed by atoms with van der Waals surface area (Å²) in [6, 6.07) is 10.7. The molecule has 0 aliphatic carbocycles. The molecule has 0 saturated heterocycles. The second-order valence-electron chi connectivity index (χ2n) is 4.36. The molecule has 1 N–H and O–H groups in total. The standard InChI is InChI=1S/C16H15ClINO3/c1-3-22-15-11(17)8-10(9-14(15)21-2)16(20)19-13-7-5-4-6-12(13)18/h4-9H,3H2,1-2H3,(H,19,20). The zero-order chi connectivity index (χ0) is 16.1. The van der Waals surface area contributed by atoms with E-state index in [2.05, 4.69) is 27.9 Å². The van der Waals surface area contributed by atoms with Crippen molar-refractivity contribution in [1.82, 2.24) is 0 Å². The number of anilines is 1. The van der Waals surface area contributed by atoms with Crippen molar-refractivity contribution in [2.24, 2.45) is 0 Å². The van der Waals surface area contributed by atoms with Crippen LogP contribution in [0.15, 0.2) is 36.4 Å². The number of amides is 1. The van der Waals surface area contributed by atoms with Gasteiger partial charge < -0.3 is 14.8 Å². The molecular weight excluding hydrogens is 417 g/mol. The molecule has 6 heteroatoms. The Morgan fingerprint density at radius 1 is 1.32 bits per heavy atom. The van der Waals surface area contributed by atoms with Crippen LogP contribution in [0, 0.1) is 3.57 Å². The number of para-hydroxylation sites is 1. The molecule has 0 atom stereocenters. The van der Waals surface area contributed by atoms with Gasteiger partial charge in [0, 0.05) is 9.13 Å².